The fourth-order valence-corrected chi connectivity index (χ4v) is 0.589. The van der Waals surface area contributed by atoms with Crippen LogP contribution in [-0.2, 0) is 0 Å². The number of hydrogen-bond acceptors (Lipinski definition) is 3. The van der Waals surface area contributed by atoms with Crippen molar-refractivity contribution in [3.63, 3.8) is 0 Å². The van der Waals surface area contributed by atoms with Crippen molar-refractivity contribution >= 4 is 0 Å². The first-order chi connectivity index (χ1) is 3.30. The number of hydrazine groups is 1. The van der Waals surface area contributed by atoms with Gasteiger partial charge in [-0.15, -0.1) is 5.17 Å². The summed E-state index contributed by atoms with van der Waals surface area (Å²) < 4.78 is 0. The van der Waals surface area contributed by atoms with Crippen LogP contribution in [0.25, 0.3) is 0 Å². The Morgan fingerprint density at radius 1 is 1.57 bits per heavy atom. The van der Waals surface area contributed by atoms with E-state index in [9.17, 15) is 0 Å². The van der Waals surface area contributed by atoms with Crippen LogP contribution in [0.15, 0.2) is 0 Å². The monoisotopic (exact) mass is 102 g/mol. The molecular formula is C4H10N2O. The van der Waals surface area contributed by atoms with Crippen molar-refractivity contribution in [1.82, 2.24) is 10.2 Å². The van der Waals surface area contributed by atoms with E-state index >= 15 is 0 Å². The lowest BCUT2D eigenvalue weighted by Gasteiger charge is -2.33. The molecule has 0 amide bonds. The van der Waals surface area contributed by atoms with Crippen LogP contribution in [-0.4, -0.2) is 35.5 Å². The van der Waals surface area contributed by atoms with Crippen molar-refractivity contribution in [1.29, 1.82) is 0 Å². The molecule has 1 fully saturated rings. The Balaban J connectivity index is 2.14. The highest BCUT2D eigenvalue weighted by Gasteiger charge is 2.15. The highest BCUT2D eigenvalue weighted by molar-refractivity contribution is 4.60. The summed E-state index contributed by atoms with van der Waals surface area (Å²) in [5.74, 6) is 0. The molecular weight excluding hydrogens is 92.1 g/mol. The van der Waals surface area contributed by atoms with Crippen molar-refractivity contribution in [3.05, 3.63) is 0 Å². The van der Waals surface area contributed by atoms with E-state index < -0.39 is 0 Å². The number of rotatable bonds is 1. The maximum Gasteiger partial charge on any atom is 0.0288 e. The Labute approximate surface area is 43.1 Å². The molecule has 0 bridgehead atoms. The average Bonchev–Trinajstić information content (AvgIpc) is 1.23. The Kier molecular flexibility index (Phi) is 1.27. The van der Waals surface area contributed by atoms with E-state index in [1.165, 1.54) is 6.42 Å². The summed E-state index contributed by atoms with van der Waals surface area (Å²) in [6.07, 6.45) is 1.21. The van der Waals surface area contributed by atoms with Gasteiger partial charge in [-0.05, 0) is 6.42 Å². The molecule has 42 valence electrons. The molecule has 0 unspecified atom stereocenters. The molecule has 1 saturated heterocycles. The quantitative estimate of drug-likeness (QED) is 0.469. The zero-order chi connectivity index (χ0) is 5.28. The van der Waals surface area contributed by atoms with Crippen LogP contribution < -0.4 is 0 Å². The second-order valence-electron chi connectivity index (χ2n) is 1.80. The van der Waals surface area contributed by atoms with Crippen molar-refractivity contribution in [3.8, 4) is 0 Å². The molecule has 0 aromatic rings. The van der Waals surface area contributed by atoms with Gasteiger partial charge in [-0.2, -0.15) is 0 Å². The van der Waals surface area contributed by atoms with Gasteiger partial charge >= 0.3 is 0 Å². The lowest BCUT2D eigenvalue weighted by molar-refractivity contribution is -0.249. The largest absolute Gasteiger partial charge is 0.299 e. The van der Waals surface area contributed by atoms with Gasteiger partial charge in [0.15, 0.2) is 0 Å². The first kappa shape index (κ1) is 5.03. The predicted octanol–water partition coefficient (Wildman–Crippen LogP) is -0.0719. The normalized spacial score (nSPS) is 22.7. The molecule has 1 aliphatic heterocycles. The molecule has 0 saturated carbocycles. The van der Waals surface area contributed by atoms with Crippen LogP contribution in [0.5, 0.6) is 0 Å². The van der Waals surface area contributed by atoms with Gasteiger partial charge in [0.2, 0.25) is 0 Å². The van der Waals surface area contributed by atoms with Crippen molar-refractivity contribution in [2.24, 2.45) is 0 Å². The van der Waals surface area contributed by atoms with E-state index in [0.29, 0.717) is 0 Å². The van der Waals surface area contributed by atoms with Gasteiger partial charge < -0.3 is 0 Å². The van der Waals surface area contributed by atoms with Gasteiger partial charge in [0.25, 0.3) is 0 Å². The van der Waals surface area contributed by atoms with Crippen molar-refractivity contribution in [2.45, 2.75) is 6.42 Å². The van der Waals surface area contributed by atoms with E-state index in [1.54, 1.807) is 7.05 Å². The highest BCUT2D eigenvalue weighted by atomic mass is 16.5. The van der Waals surface area contributed by atoms with E-state index in [4.69, 9.17) is 5.21 Å². The molecule has 7 heavy (non-hydrogen) atoms. The number of hydrogen-bond donors (Lipinski definition) is 1. The first-order valence-electron chi connectivity index (χ1n) is 2.48. The summed E-state index contributed by atoms with van der Waals surface area (Å²) in [6.45, 7) is 2.01. The summed E-state index contributed by atoms with van der Waals surface area (Å²) >= 11 is 0. The minimum Gasteiger partial charge on any atom is -0.299 e. The van der Waals surface area contributed by atoms with E-state index in [2.05, 4.69) is 0 Å². The van der Waals surface area contributed by atoms with E-state index in [-0.39, 0.29) is 0 Å². The van der Waals surface area contributed by atoms with Gasteiger partial charge in [0.05, 0.1) is 0 Å². The second-order valence-corrected chi connectivity index (χ2v) is 1.80. The van der Waals surface area contributed by atoms with Crippen LogP contribution in [0.3, 0.4) is 0 Å². The molecule has 3 nitrogen and oxygen atoms in total. The maximum absolute atomic E-state index is 8.63. The molecule has 1 heterocycles. The standard InChI is InChI=1S/C4H10N2O/c1-5(7)6-3-2-4-6/h7H,2-4H2,1H3. The summed E-state index contributed by atoms with van der Waals surface area (Å²) in [6, 6.07) is 0. The molecule has 0 atom stereocenters. The average molecular weight is 102 g/mol. The third-order valence-corrected chi connectivity index (χ3v) is 1.24. The maximum atomic E-state index is 8.63. The predicted molar refractivity (Wildman–Crippen MR) is 25.7 cm³/mol. The molecule has 0 aliphatic carbocycles. The minimum atomic E-state index is 1.01. The zero-order valence-electron chi connectivity index (χ0n) is 4.46. The summed E-state index contributed by atoms with van der Waals surface area (Å²) in [5, 5.41) is 11.6. The Morgan fingerprint density at radius 3 is 2.14 bits per heavy atom. The summed E-state index contributed by atoms with van der Waals surface area (Å²) in [4.78, 5) is 0. The van der Waals surface area contributed by atoms with E-state index in [0.717, 1.165) is 18.3 Å². The smallest absolute Gasteiger partial charge is 0.0288 e. The SMILES string of the molecule is CN(O)N1CCC1. The van der Waals surface area contributed by atoms with Crippen molar-refractivity contribution in [2.75, 3.05) is 20.1 Å². The van der Waals surface area contributed by atoms with Gasteiger partial charge in [0, 0.05) is 20.1 Å². The first-order valence-corrected chi connectivity index (χ1v) is 2.48. The van der Waals surface area contributed by atoms with Crippen LogP contribution >= 0.6 is 0 Å². The second kappa shape index (κ2) is 1.78. The molecule has 3 heteroatoms. The highest BCUT2D eigenvalue weighted by Crippen LogP contribution is 2.04. The summed E-state index contributed by atoms with van der Waals surface area (Å²) in [7, 11) is 1.64. The van der Waals surface area contributed by atoms with Crippen LogP contribution in [0.1, 0.15) is 6.42 Å². The molecule has 0 radical (unpaired) electrons. The third-order valence-electron chi connectivity index (χ3n) is 1.24. The number of nitrogens with zero attached hydrogens (tertiary/aromatic N) is 2. The van der Waals surface area contributed by atoms with Crippen LogP contribution in [0.2, 0.25) is 0 Å². The van der Waals surface area contributed by atoms with E-state index in [1.807, 2.05) is 5.01 Å². The third kappa shape index (κ3) is 0.907. The Bertz CT molecular complexity index is 60.7. The Hall–Kier alpha value is -0.120. The van der Waals surface area contributed by atoms with Crippen molar-refractivity contribution < 1.29 is 5.21 Å². The molecule has 1 rings (SSSR count). The minimum absolute atomic E-state index is 1.01. The molecule has 1 N–H and O–H groups in total. The molecule has 0 spiro atoms. The topological polar surface area (TPSA) is 26.7 Å². The molecule has 0 aromatic carbocycles. The number of hydroxylamine groups is 1. The van der Waals surface area contributed by atoms with Crippen LogP contribution in [0, 0.1) is 0 Å². The molecule has 0 aromatic heterocycles. The van der Waals surface area contributed by atoms with Gasteiger partial charge in [0.1, 0.15) is 0 Å². The van der Waals surface area contributed by atoms with Crippen LogP contribution in [0.4, 0.5) is 0 Å². The van der Waals surface area contributed by atoms with Gasteiger partial charge in [-0.3, -0.25) is 5.21 Å². The fraction of sp³-hybridized carbons (Fsp3) is 1.00. The lowest BCUT2D eigenvalue weighted by Crippen LogP contribution is -2.46. The fourth-order valence-electron chi connectivity index (χ4n) is 0.589. The molecule has 1 aliphatic rings. The van der Waals surface area contributed by atoms with Gasteiger partial charge in [-0.1, -0.05) is 0 Å². The summed E-state index contributed by atoms with van der Waals surface area (Å²) in [5.41, 5.74) is 0. The Morgan fingerprint density at radius 2 is 2.14 bits per heavy atom. The van der Waals surface area contributed by atoms with Gasteiger partial charge in [-0.25, -0.2) is 5.01 Å². The lowest BCUT2D eigenvalue weighted by atomic mass is 10.3. The zero-order valence-corrected chi connectivity index (χ0v) is 4.46.